The predicted molar refractivity (Wildman–Crippen MR) is 317 cm³/mol. The van der Waals surface area contributed by atoms with Crippen LogP contribution in [0.3, 0.4) is 0 Å². The van der Waals surface area contributed by atoms with E-state index in [2.05, 4.69) is 17.6 Å². The summed E-state index contributed by atoms with van der Waals surface area (Å²) in [7, 11) is -5.04. The molecular formula is C58H73Cl6N2O16P. The number of esters is 1. The summed E-state index contributed by atoms with van der Waals surface area (Å²) in [6.07, 6.45) is 1.58. The third kappa shape index (κ3) is 26.5. The van der Waals surface area contributed by atoms with Crippen LogP contribution < -0.4 is 19.7 Å². The van der Waals surface area contributed by atoms with Crippen LogP contribution in [0.25, 0.3) is 0 Å². The number of carbonyl (C=O) groups excluding carboxylic acids is 4. The van der Waals surface area contributed by atoms with Crippen LogP contribution in [0.15, 0.2) is 121 Å². The van der Waals surface area contributed by atoms with E-state index in [0.29, 0.717) is 12.0 Å². The van der Waals surface area contributed by atoms with Crippen molar-refractivity contribution in [1.82, 2.24) is 10.6 Å². The number of hydrogen-bond acceptors (Lipinski definition) is 16. The summed E-state index contributed by atoms with van der Waals surface area (Å²) in [6, 6.07) is 30.3. The summed E-state index contributed by atoms with van der Waals surface area (Å²) in [5, 5.41) is 5.24. The van der Waals surface area contributed by atoms with Crippen LogP contribution >= 0.6 is 77.4 Å². The van der Waals surface area contributed by atoms with Crippen LogP contribution in [0.2, 0.25) is 0 Å². The Morgan fingerprint density at radius 3 is 1.70 bits per heavy atom. The molecule has 0 aromatic heterocycles. The molecular weight excluding hydrogens is 1220 g/mol. The van der Waals surface area contributed by atoms with E-state index in [1.165, 1.54) is 70.2 Å². The number of phosphoric ester groups is 1. The summed E-state index contributed by atoms with van der Waals surface area (Å²) >= 11 is 36.7. The predicted octanol–water partition coefficient (Wildman–Crippen LogP) is 14.6. The standard InChI is InChI=1S/C58H73Cl6N2O16P/c1-4-5-6-7-8-9-10-11-12-13-26-35-48(67)65-46(52(68)74-37-43-29-20-15-21-30-43)38-75-53-49(66-54(69)76-40-57(59,60)61)51(78-55(70)79-56(2,3)58(62,63)64)50(47(77-53)39-73-41-72-36-42-27-18-14-19-28-42)82-83(71,80-44-31-22-16-23-32-44)81-45-33-24-17-25-34-45/h14-25,27-34,46-47,49-51,53H,4-13,26,35-41H2,1-3H3,(H,65,67)(H,66,69)/t46-,47+,49+,50+,51+,53+/m0/s1. The second-order valence-electron chi connectivity index (χ2n) is 19.8. The molecule has 2 N–H and O–H groups in total. The smallest absolute Gasteiger partial charge is 0.459 e. The van der Waals surface area contributed by atoms with Crippen molar-refractivity contribution in [3.63, 3.8) is 0 Å². The largest absolute Gasteiger partial charge is 0.588 e. The molecule has 1 heterocycles. The van der Waals surface area contributed by atoms with Gasteiger partial charge in [-0.05, 0) is 55.7 Å². The lowest BCUT2D eigenvalue weighted by atomic mass is 9.96. The molecule has 0 bridgehead atoms. The first kappa shape index (κ1) is 69.5. The van der Waals surface area contributed by atoms with Crippen molar-refractivity contribution in [2.75, 3.05) is 26.6 Å². The number of alkyl carbamates (subject to hydrolysis) is 1. The minimum atomic E-state index is -5.04. The normalized spacial score (nSPS) is 17.8. The highest BCUT2D eigenvalue weighted by molar-refractivity contribution is 7.49. The van der Waals surface area contributed by atoms with Gasteiger partial charge in [0, 0.05) is 6.42 Å². The lowest BCUT2D eigenvalue weighted by Crippen LogP contribution is -2.67. The third-order valence-corrected chi connectivity index (χ3v) is 15.6. The number of amides is 2. The lowest BCUT2D eigenvalue weighted by molar-refractivity contribution is -0.275. The molecule has 0 aliphatic carbocycles. The zero-order valence-corrected chi connectivity index (χ0v) is 51.9. The summed E-state index contributed by atoms with van der Waals surface area (Å²) in [6.45, 7) is 2.28. The first-order valence-corrected chi connectivity index (χ1v) is 31.1. The van der Waals surface area contributed by atoms with E-state index in [4.69, 9.17) is 121 Å². The number of ether oxygens (including phenoxy) is 8. The van der Waals surface area contributed by atoms with Crippen molar-refractivity contribution in [2.45, 2.75) is 161 Å². The van der Waals surface area contributed by atoms with E-state index in [9.17, 15) is 19.2 Å². The van der Waals surface area contributed by atoms with Crippen molar-refractivity contribution < 1.29 is 75.2 Å². The van der Waals surface area contributed by atoms with E-state index in [1.54, 1.807) is 66.7 Å². The van der Waals surface area contributed by atoms with Gasteiger partial charge in [-0.3, -0.25) is 9.32 Å². The zero-order valence-electron chi connectivity index (χ0n) is 46.5. The number of para-hydroxylation sites is 2. The molecule has 25 heteroatoms. The Kier molecular flexibility index (Phi) is 30.2. The van der Waals surface area contributed by atoms with Gasteiger partial charge in [-0.2, -0.15) is 0 Å². The van der Waals surface area contributed by atoms with Gasteiger partial charge in [0.25, 0.3) is 0 Å². The molecule has 0 radical (unpaired) electrons. The van der Waals surface area contributed by atoms with Gasteiger partial charge in [0.05, 0.1) is 19.8 Å². The number of benzene rings is 4. The Balaban J connectivity index is 1.53. The maximum atomic E-state index is 15.4. The van der Waals surface area contributed by atoms with Gasteiger partial charge in [0.2, 0.25) is 13.5 Å². The molecule has 4 aromatic rings. The number of carbonyl (C=O) groups is 4. The van der Waals surface area contributed by atoms with E-state index >= 15 is 4.57 Å². The van der Waals surface area contributed by atoms with Gasteiger partial charge in [-0.25, -0.2) is 18.9 Å². The molecule has 458 valence electrons. The van der Waals surface area contributed by atoms with Crippen LogP contribution in [0.4, 0.5) is 9.59 Å². The van der Waals surface area contributed by atoms with Crippen molar-refractivity contribution in [2.24, 2.45) is 0 Å². The molecule has 83 heavy (non-hydrogen) atoms. The maximum absolute atomic E-state index is 15.4. The van der Waals surface area contributed by atoms with Crippen LogP contribution in [0.5, 0.6) is 11.5 Å². The Morgan fingerprint density at radius 1 is 0.651 bits per heavy atom. The second-order valence-corrected chi connectivity index (χ2v) is 26.1. The number of nitrogens with one attached hydrogen (secondary N) is 2. The number of hydrogen-bond donors (Lipinski definition) is 2. The van der Waals surface area contributed by atoms with Gasteiger partial charge in [-0.15, -0.1) is 0 Å². The van der Waals surface area contributed by atoms with Crippen LogP contribution in [-0.2, 0) is 69.8 Å². The minimum Gasteiger partial charge on any atom is -0.459 e. The first-order chi connectivity index (χ1) is 39.6. The van der Waals surface area contributed by atoms with Gasteiger partial charge in [0.1, 0.15) is 49.8 Å². The van der Waals surface area contributed by atoms with E-state index in [-0.39, 0.29) is 37.9 Å². The maximum Gasteiger partial charge on any atom is 0.588 e. The molecule has 2 amide bonds. The molecule has 6 atom stereocenters. The Morgan fingerprint density at radius 2 is 1.17 bits per heavy atom. The van der Waals surface area contributed by atoms with Gasteiger partial charge in [0.15, 0.2) is 24.0 Å². The van der Waals surface area contributed by atoms with E-state index in [0.717, 1.165) is 37.7 Å². The number of rotatable bonds is 35. The molecule has 1 fully saturated rings. The summed E-state index contributed by atoms with van der Waals surface area (Å²) in [5.74, 6) is -1.37. The van der Waals surface area contributed by atoms with Crippen molar-refractivity contribution in [3.05, 3.63) is 132 Å². The quantitative estimate of drug-likeness (QED) is 0.0110. The van der Waals surface area contributed by atoms with Crippen LogP contribution in [0, 0.1) is 0 Å². The van der Waals surface area contributed by atoms with Gasteiger partial charge >= 0.3 is 26.0 Å². The number of unbranched alkanes of at least 4 members (excludes halogenated alkanes) is 10. The average Bonchev–Trinajstić information content (AvgIpc) is 3.46. The highest BCUT2D eigenvalue weighted by Gasteiger charge is 2.55. The van der Waals surface area contributed by atoms with E-state index in [1.807, 2.05) is 30.3 Å². The Labute approximate surface area is 515 Å². The fourth-order valence-electron chi connectivity index (χ4n) is 8.12. The van der Waals surface area contributed by atoms with Crippen molar-refractivity contribution in [1.29, 1.82) is 0 Å². The zero-order chi connectivity index (χ0) is 60.1. The minimum absolute atomic E-state index is 0.00816. The Hall–Kier alpha value is -4.27. The fraction of sp³-hybridized carbons (Fsp3) is 0.517. The SMILES string of the molecule is CCCCCCCCCCCCCC(=O)N[C@@H](CO[C@@H]1O[C@H](COCOCc2ccccc2)[C@@H](OP(=O)(Oc2ccccc2)Oc2ccccc2)[C@H](OC(=O)OC(C)(C)C(Cl)(Cl)Cl)[C@H]1NC(=O)OCC(Cl)(Cl)Cl)C(=O)OCc1ccccc1. The fourth-order valence-corrected chi connectivity index (χ4v) is 9.84. The van der Waals surface area contributed by atoms with Gasteiger partial charge < -0.3 is 57.6 Å². The Bertz CT molecular complexity index is 2530. The molecule has 18 nitrogen and oxygen atoms in total. The topological polar surface area (TPSA) is 211 Å². The first-order valence-electron chi connectivity index (χ1n) is 27.3. The molecule has 0 unspecified atom stereocenters. The molecule has 5 rings (SSSR count). The van der Waals surface area contributed by atoms with E-state index < -0.39 is 102 Å². The average molecular weight is 1300 g/mol. The second kappa shape index (κ2) is 36.0. The van der Waals surface area contributed by atoms with Gasteiger partial charge in [-0.1, -0.05) is 238 Å². The molecule has 4 aromatic carbocycles. The monoisotopic (exact) mass is 1290 g/mol. The van der Waals surface area contributed by atoms with Crippen molar-refractivity contribution >= 4 is 102 Å². The number of phosphoric acid groups is 1. The van der Waals surface area contributed by atoms with Crippen LogP contribution in [-0.4, -0.2) is 101 Å². The highest BCUT2D eigenvalue weighted by Crippen LogP contribution is 2.53. The summed E-state index contributed by atoms with van der Waals surface area (Å²) in [5.41, 5.74) is -0.435. The molecule has 0 saturated carbocycles. The molecule has 0 spiro atoms. The summed E-state index contributed by atoms with van der Waals surface area (Å²) in [4.78, 5) is 56.0. The highest BCUT2D eigenvalue weighted by atomic mass is 35.6. The summed E-state index contributed by atoms with van der Waals surface area (Å²) < 4.78 is 76.8. The van der Waals surface area contributed by atoms with Crippen molar-refractivity contribution in [3.8, 4) is 11.5 Å². The number of alkyl halides is 6. The molecule has 1 saturated heterocycles. The van der Waals surface area contributed by atoms with Crippen LogP contribution in [0.1, 0.15) is 109 Å². The molecule has 1 aliphatic rings. The lowest BCUT2D eigenvalue weighted by Gasteiger charge is -2.45. The molecule has 1 aliphatic heterocycles. The third-order valence-electron chi connectivity index (χ3n) is 12.6. The number of halogens is 6.